The van der Waals surface area contributed by atoms with Crippen molar-refractivity contribution in [1.82, 2.24) is 15.1 Å². The molecule has 0 aliphatic rings. The number of benzene rings is 1. The van der Waals surface area contributed by atoms with Gasteiger partial charge in [-0.25, -0.2) is 0 Å². The fourth-order valence-electron chi connectivity index (χ4n) is 1.85. The Morgan fingerprint density at radius 2 is 2.25 bits per heavy atom. The quantitative estimate of drug-likeness (QED) is 0.640. The van der Waals surface area contributed by atoms with Crippen LogP contribution in [0.4, 0.5) is 5.69 Å². The molecule has 1 aromatic carbocycles. The van der Waals surface area contributed by atoms with Crippen LogP contribution in [-0.2, 0) is 20.2 Å². The second kappa shape index (κ2) is 6.16. The Balaban J connectivity index is 2.15. The lowest BCUT2D eigenvalue weighted by molar-refractivity contribution is -0.386. The fraction of sp³-hybridized carbons (Fsp3) is 0.308. The number of nitro benzene ring substituents is 1. The summed E-state index contributed by atoms with van der Waals surface area (Å²) in [4.78, 5) is 10.6. The molecule has 20 heavy (non-hydrogen) atoms. The fourth-order valence-corrected chi connectivity index (χ4v) is 1.85. The maximum Gasteiger partial charge on any atom is 0.311 e. The maximum absolute atomic E-state index is 11.1. The summed E-state index contributed by atoms with van der Waals surface area (Å²) in [5, 5.41) is 18.1. The molecule has 1 N–H and O–H groups in total. The van der Waals surface area contributed by atoms with Crippen molar-refractivity contribution in [2.75, 3.05) is 7.05 Å². The second-order valence-corrected chi connectivity index (χ2v) is 4.40. The molecule has 1 heterocycles. The molecular formula is C13H16N4O3. The molecule has 0 aliphatic carbocycles. The molecule has 0 aliphatic heterocycles. The van der Waals surface area contributed by atoms with Gasteiger partial charge in [-0.15, -0.1) is 0 Å². The van der Waals surface area contributed by atoms with Gasteiger partial charge in [-0.2, -0.15) is 5.10 Å². The number of nitrogens with one attached hydrogen (secondary N) is 1. The molecule has 0 saturated carbocycles. The number of aryl methyl sites for hydroxylation is 1. The minimum atomic E-state index is -0.433. The van der Waals surface area contributed by atoms with Gasteiger partial charge in [-0.05, 0) is 18.7 Å². The minimum Gasteiger partial charge on any atom is -0.482 e. The Kier molecular flexibility index (Phi) is 4.31. The molecule has 0 spiro atoms. The summed E-state index contributed by atoms with van der Waals surface area (Å²) in [6.07, 6.45) is 3.47. The average molecular weight is 276 g/mol. The van der Waals surface area contributed by atoms with Gasteiger partial charge in [0.25, 0.3) is 0 Å². The van der Waals surface area contributed by atoms with Crippen LogP contribution in [0.25, 0.3) is 0 Å². The Morgan fingerprint density at radius 1 is 1.45 bits per heavy atom. The van der Waals surface area contributed by atoms with Crippen LogP contribution in [0.3, 0.4) is 0 Å². The summed E-state index contributed by atoms with van der Waals surface area (Å²) >= 11 is 0. The molecule has 2 aromatic rings. The molecule has 0 unspecified atom stereocenters. The zero-order valence-corrected chi connectivity index (χ0v) is 11.4. The second-order valence-electron chi connectivity index (χ2n) is 4.40. The van der Waals surface area contributed by atoms with Gasteiger partial charge < -0.3 is 10.1 Å². The van der Waals surface area contributed by atoms with Gasteiger partial charge in [0, 0.05) is 31.4 Å². The SMILES string of the molecule is CNCc1ccc(OCc2cnn(C)c2)c([N+](=O)[O-])c1. The van der Waals surface area contributed by atoms with E-state index in [2.05, 4.69) is 10.4 Å². The van der Waals surface area contributed by atoms with Crippen molar-refractivity contribution in [3.63, 3.8) is 0 Å². The Morgan fingerprint density at radius 3 is 2.85 bits per heavy atom. The minimum absolute atomic E-state index is 0.0263. The molecule has 0 atom stereocenters. The van der Waals surface area contributed by atoms with E-state index in [-0.39, 0.29) is 18.0 Å². The van der Waals surface area contributed by atoms with Crippen LogP contribution in [0.5, 0.6) is 5.75 Å². The van der Waals surface area contributed by atoms with Crippen LogP contribution >= 0.6 is 0 Å². The topological polar surface area (TPSA) is 82.2 Å². The Labute approximate surface area is 116 Å². The standard InChI is InChI=1S/C13H16N4O3/c1-14-6-10-3-4-13(12(5-10)17(18)19)20-9-11-7-15-16(2)8-11/h3-5,7-8,14H,6,9H2,1-2H3. The largest absolute Gasteiger partial charge is 0.482 e. The van der Waals surface area contributed by atoms with Gasteiger partial charge in [0.05, 0.1) is 11.1 Å². The molecular weight excluding hydrogens is 260 g/mol. The molecule has 1 aromatic heterocycles. The summed E-state index contributed by atoms with van der Waals surface area (Å²) in [6, 6.07) is 4.96. The zero-order chi connectivity index (χ0) is 14.5. The number of aromatic nitrogens is 2. The first-order chi connectivity index (χ1) is 9.60. The third-order valence-electron chi connectivity index (χ3n) is 2.75. The first-order valence-corrected chi connectivity index (χ1v) is 6.12. The van der Waals surface area contributed by atoms with Gasteiger partial charge in [0.2, 0.25) is 0 Å². The lowest BCUT2D eigenvalue weighted by Crippen LogP contribution is -2.06. The number of rotatable bonds is 6. The smallest absolute Gasteiger partial charge is 0.311 e. The van der Waals surface area contributed by atoms with Crippen LogP contribution in [0, 0.1) is 10.1 Å². The molecule has 0 fully saturated rings. The van der Waals surface area contributed by atoms with Crippen LogP contribution in [0.15, 0.2) is 30.6 Å². The molecule has 0 radical (unpaired) electrons. The van der Waals surface area contributed by atoms with Gasteiger partial charge in [0.1, 0.15) is 6.61 Å². The lowest BCUT2D eigenvalue weighted by Gasteiger charge is -2.07. The highest BCUT2D eigenvalue weighted by atomic mass is 16.6. The number of hydrogen-bond acceptors (Lipinski definition) is 5. The van der Waals surface area contributed by atoms with E-state index in [0.29, 0.717) is 6.54 Å². The lowest BCUT2D eigenvalue weighted by atomic mass is 10.2. The first-order valence-electron chi connectivity index (χ1n) is 6.12. The average Bonchev–Trinajstić information content (AvgIpc) is 2.83. The van der Waals surface area contributed by atoms with Crippen LogP contribution in [0.1, 0.15) is 11.1 Å². The molecule has 0 saturated heterocycles. The van der Waals surface area contributed by atoms with Crippen molar-refractivity contribution in [2.45, 2.75) is 13.2 Å². The van der Waals surface area contributed by atoms with E-state index >= 15 is 0 Å². The third kappa shape index (κ3) is 3.33. The van der Waals surface area contributed by atoms with Crippen molar-refractivity contribution in [3.8, 4) is 5.75 Å². The van der Waals surface area contributed by atoms with E-state index in [1.807, 2.05) is 6.07 Å². The van der Waals surface area contributed by atoms with Gasteiger partial charge in [-0.3, -0.25) is 14.8 Å². The molecule has 7 heteroatoms. The van der Waals surface area contributed by atoms with E-state index in [0.717, 1.165) is 11.1 Å². The molecule has 0 bridgehead atoms. The van der Waals surface area contributed by atoms with Crippen molar-refractivity contribution >= 4 is 5.69 Å². The molecule has 0 amide bonds. The Hall–Kier alpha value is -2.41. The van der Waals surface area contributed by atoms with E-state index in [1.54, 1.807) is 37.2 Å². The summed E-state index contributed by atoms with van der Waals surface area (Å²) in [5.41, 5.74) is 1.68. The van der Waals surface area contributed by atoms with Gasteiger partial charge in [0.15, 0.2) is 5.75 Å². The van der Waals surface area contributed by atoms with E-state index < -0.39 is 4.92 Å². The molecule has 2 rings (SSSR count). The first kappa shape index (κ1) is 14.0. The van der Waals surface area contributed by atoms with Crippen molar-refractivity contribution in [3.05, 3.63) is 51.8 Å². The van der Waals surface area contributed by atoms with E-state index in [4.69, 9.17) is 4.74 Å². The third-order valence-corrected chi connectivity index (χ3v) is 2.75. The van der Waals surface area contributed by atoms with Crippen molar-refractivity contribution in [1.29, 1.82) is 0 Å². The molecule has 7 nitrogen and oxygen atoms in total. The predicted molar refractivity (Wildman–Crippen MR) is 73.4 cm³/mol. The normalized spacial score (nSPS) is 10.5. The number of nitro groups is 1. The maximum atomic E-state index is 11.1. The van der Waals surface area contributed by atoms with Crippen molar-refractivity contribution in [2.24, 2.45) is 7.05 Å². The van der Waals surface area contributed by atoms with Crippen LogP contribution in [-0.4, -0.2) is 21.8 Å². The van der Waals surface area contributed by atoms with Crippen LogP contribution < -0.4 is 10.1 Å². The van der Waals surface area contributed by atoms with Crippen molar-refractivity contribution < 1.29 is 9.66 Å². The monoisotopic (exact) mass is 276 g/mol. The summed E-state index contributed by atoms with van der Waals surface area (Å²) in [7, 11) is 3.59. The molecule has 106 valence electrons. The predicted octanol–water partition coefficient (Wildman–Crippen LogP) is 1.63. The summed E-state index contributed by atoms with van der Waals surface area (Å²) in [6.45, 7) is 0.823. The van der Waals surface area contributed by atoms with Gasteiger partial charge >= 0.3 is 5.69 Å². The number of ether oxygens (including phenoxy) is 1. The highest BCUT2D eigenvalue weighted by Gasteiger charge is 2.16. The number of nitrogens with zero attached hydrogens (tertiary/aromatic N) is 3. The highest BCUT2D eigenvalue weighted by Crippen LogP contribution is 2.28. The number of hydrogen-bond donors (Lipinski definition) is 1. The summed E-state index contributed by atoms with van der Waals surface area (Å²) < 4.78 is 7.17. The summed E-state index contributed by atoms with van der Waals surface area (Å²) in [5.74, 6) is 0.263. The highest BCUT2D eigenvalue weighted by molar-refractivity contribution is 5.48. The van der Waals surface area contributed by atoms with E-state index in [1.165, 1.54) is 6.07 Å². The zero-order valence-electron chi connectivity index (χ0n) is 11.4. The van der Waals surface area contributed by atoms with Crippen LogP contribution in [0.2, 0.25) is 0 Å². The van der Waals surface area contributed by atoms with Gasteiger partial charge in [-0.1, -0.05) is 6.07 Å². The Bertz CT molecular complexity index is 609. The van der Waals surface area contributed by atoms with E-state index in [9.17, 15) is 10.1 Å².